The molecule has 0 radical (unpaired) electrons. The van der Waals surface area contributed by atoms with Crippen molar-refractivity contribution in [2.75, 3.05) is 33.3 Å². The largest absolute Gasteiger partial charge is 0.497 e. The van der Waals surface area contributed by atoms with E-state index in [1.54, 1.807) is 47.4 Å². The van der Waals surface area contributed by atoms with Crippen molar-refractivity contribution in [3.05, 3.63) is 52.3 Å². The predicted octanol–water partition coefficient (Wildman–Crippen LogP) is 2.38. The zero-order valence-corrected chi connectivity index (χ0v) is 14.9. The van der Waals surface area contributed by atoms with E-state index in [2.05, 4.69) is 20.9 Å². The first-order chi connectivity index (χ1) is 11.6. The molecule has 126 valence electrons. The van der Waals surface area contributed by atoms with Crippen molar-refractivity contribution in [3.8, 4) is 5.75 Å². The van der Waals surface area contributed by atoms with Gasteiger partial charge in [0.25, 0.3) is 11.8 Å². The molecule has 6 nitrogen and oxygen atoms in total. The van der Waals surface area contributed by atoms with Crippen LogP contribution >= 0.6 is 15.9 Å². The Morgan fingerprint density at radius 3 is 2.33 bits per heavy atom. The van der Waals surface area contributed by atoms with Crippen LogP contribution in [0.25, 0.3) is 0 Å². The first-order valence-electron chi connectivity index (χ1n) is 7.65. The lowest BCUT2D eigenvalue weighted by Crippen LogP contribution is -2.50. The number of carbonyl (C=O) groups is 2. The summed E-state index contributed by atoms with van der Waals surface area (Å²) in [7, 11) is 1.58. The van der Waals surface area contributed by atoms with Gasteiger partial charge in [0.05, 0.1) is 7.11 Å². The Kier molecular flexibility index (Phi) is 4.89. The molecule has 1 saturated heterocycles. The fourth-order valence-electron chi connectivity index (χ4n) is 2.71. The predicted molar refractivity (Wildman–Crippen MR) is 93.3 cm³/mol. The molecule has 2 amide bonds. The highest BCUT2D eigenvalue weighted by atomic mass is 79.9. The molecule has 0 spiro atoms. The minimum absolute atomic E-state index is 0.0383. The molecule has 2 heterocycles. The van der Waals surface area contributed by atoms with Gasteiger partial charge in [-0.05, 0) is 40.2 Å². The zero-order chi connectivity index (χ0) is 17.1. The van der Waals surface area contributed by atoms with Crippen LogP contribution in [0.5, 0.6) is 5.75 Å². The van der Waals surface area contributed by atoms with Gasteiger partial charge in [-0.2, -0.15) is 0 Å². The van der Waals surface area contributed by atoms with Gasteiger partial charge in [0.1, 0.15) is 11.4 Å². The van der Waals surface area contributed by atoms with E-state index in [1.165, 1.54) is 0 Å². The molecule has 1 N–H and O–H groups in total. The van der Waals surface area contributed by atoms with Crippen LogP contribution in [-0.2, 0) is 0 Å². The summed E-state index contributed by atoms with van der Waals surface area (Å²) in [5.41, 5.74) is 1.15. The standard InChI is InChI=1S/C17H18BrN3O3/c1-24-14-4-2-3-12(9-14)16(22)20-5-7-21(8-6-20)17(23)15-10-13(18)11-19-15/h2-4,9-11,19H,5-8H2,1H3. The number of methoxy groups -OCH3 is 1. The molecule has 24 heavy (non-hydrogen) atoms. The van der Waals surface area contributed by atoms with Crippen LogP contribution < -0.4 is 4.74 Å². The summed E-state index contributed by atoms with van der Waals surface area (Å²) in [5, 5.41) is 0. The van der Waals surface area contributed by atoms with Gasteiger partial charge in [0.2, 0.25) is 0 Å². The number of nitrogens with zero attached hydrogens (tertiary/aromatic N) is 2. The Hall–Kier alpha value is -2.28. The Labute approximate surface area is 148 Å². The van der Waals surface area contributed by atoms with Crippen molar-refractivity contribution >= 4 is 27.7 Å². The van der Waals surface area contributed by atoms with Gasteiger partial charge in [0.15, 0.2) is 0 Å². The highest BCUT2D eigenvalue weighted by molar-refractivity contribution is 9.10. The number of piperazine rings is 1. The summed E-state index contributed by atoms with van der Waals surface area (Å²) in [5.74, 6) is 0.574. The highest BCUT2D eigenvalue weighted by Gasteiger charge is 2.26. The van der Waals surface area contributed by atoms with E-state index >= 15 is 0 Å². The molecule has 7 heteroatoms. The molecular formula is C17H18BrN3O3. The SMILES string of the molecule is COc1cccc(C(=O)N2CCN(C(=O)c3cc(Br)c[nH]3)CC2)c1. The quantitative estimate of drug-likeness (QED) is 0.873. The minimum Gasteiger partial charge on any atom is -0.497 e. The Morgan fingerprint density at radius 1 is 1.08 bits per heavy atom. The number of rotatable bonds is 3. The first-order valence-corrected chi connectivity index (χ1v) is 8.44. The van der Waals surface area contributed by atoms with E-state index in [0.29, 0.717) is 43.2 Å². The number of aromatic amines is 1. The third kappa shape index (κ3) is 3.46. The van der Waals surface area contributed by atoms with Crippen LogP contribution in [0.4, 0.5) is 0 Å². The number of hydrogen-bond acceptors (Lipinski definition) is 3. The normalized spacial score (nSPS) is 14.6. The fraction of sp³-hybridized carbons (Fsp3) is 0.294. The molecule has 0 unspecified atom stereocenters. The van der Waals surface area contributed by atoms with Gasteiger partial charge < -0.3 is 19.5 Å². The molecule has 0 aliphatic carbocycles. The van der Waals surface area contributed by atoms with E-state index in [-0.39, 0.29) is 11.8 Å². The van der Waals surface area contributed by atoms with Crippen molar-refractivity contribution in [1.29, 1.82) is 0 Å². The van der Waals surface area contributed by atoms with Gasteiger partial charge in [-0.1, -0.05) is 6.07 Å². The smallest absolute Gasteiger partial charge is 0.270 e. The van der Waals surface area contributed by atoms with E-state index < -0.39 is 0 Å². The second-order valence-corrected chi connectivity index (χ2v) is 6.46. The number of carbonyl (C=O) groups excluding carboxylic acids is 2. The number of nitrogens with one attached hydrogen (secondary N) is 1. The number of amides is 2. The molecular weight excluding hydrogens is 374 g/mol. The van der Waals surface area contributed by atoms with E-state index in [0.717, 1.165) is 4.47 Å². The van der Waals surface area contributed by atoms with Crippen LogP contribution in [0.3, 0.4) is 0 Å². The Morgan fingerprint density at radius 2 is 1.75 bits per heavy atom. The topological polar surface area (TPSA) is 65.6 Å². The third-order valence-electron chi connectivity index (χ3n) is 4.05. The van der Waals surface area contributed by atoms with Gasteiger partial charge in [0, 0.05) is 42.4 Å². The second kappa shape index (κ2) is 7.09. The van der Waals surface area contributed by atoms with Gasteiger partial charge in [-0.25, -0.2) is 0 Å². The number of hydrogen-bond donors (Lipinski definition) is 1. The maximum atomic E-state index is 12.6. The van der Waals surface area contributed by atoms with E-state index in [9.17, 15) is 9.59 Å². The Balaban J connectivity index is 1.62. The number of ether oxygens (including phenoxy) is 1. The second-order valence-electron chi connectivity index (χ2n) is 5.55. The van der Waals surface area contributed by atoms with Crippen LogP contribution in [0, 0.1) is 0 Å². The summed E-state index contributed by atoms with van der Waals surface area (Å²) in [6.45, 7) is 2.07. The van der Waals surface area contributed by atoms with Gasteiger partial charge in [-0.3, -0.25) is 9.59 Å². The summed E-state index contributed by atoms with van der Waals surface area (Å²) in [6.07, 6.45) is 1.73. The van der Waals surface area contributed by atoms with Crippen LogP contribution in [-0.4, -0.2) is 59.9 Å². The molecule has 3 rings (SSSR count). The molecule has 1 aromatic heterocycles. The Bertz CT molecular complexity index is 751. The van der Waals surface area contributed by atoms with Crippen molar-refractivity contribution in [2.24, 2.45) is 0 Å². The molecule has 1 aromatic carbocycles. The lowest BCUT2D eigenvalue weighted by atomic mass is 10.1. The van der Waals surface area contributed by atoms with Crippen molar-refractivity contribution < 1.29 is 14.3 Å². The average molecular weight is 392 g/mol. The summed E-state index contributed by atoms with van der Waals surface area (Å²) in [4.78, 5) is 31.4. The maximum Gasteiger partial charge on any atom is 0.270 e. The monoisotopic (exact) mass is 391 g/mol. The molecule has 0 bridgehead atoms. The number of aromatic nitrogens is 1. The van der Waals surface area contributed by atoms with Gasteiger partial charge >= 0.3 is 0 Å². The maximum absolute atomic E-state index is 12.6. The third-order valence-corrected chi connectivity index (χ3v) is 4.51. The molecule has 1 aliphatic rings. The number of halogens is 1. The summed E-state index contributed by atoms with van der Waals surface area (Å²) in [6, 6.07) is 8.88. The van der Waals surface area contributed by atoms with Crippen molar-refractivity contribution in [3.63, 3.8) is 0 Å². The minimum atomic E-state index is -0.0471. The highest BCUT2D eigenvalue weighted by Crippen LogP contribution is 2.17. The average Bonchev–Trinajstić information content (AvgIpc) is 3.07. The van der Waals surface area contributed by atoms with Crippen LogP contribution in [0.1, 0.15) is 20.8 Å². The van der Waals surface area contributed by atoms with Gasteiger partial charge in [-0.15, -0.1) is 0 Å². The zero-order valence-electron chi connectivity index (χ0n) is 13.3. The van der Waals surface area contributed by atoms with Crippen LogP contribution in [0.15, 0.2) is 41.0 Å². The molecule has 0 saturated carbocycles. The van der Waals surface area contributed by atoms with Crippen LogP contribution in [0.2, 0.25) is 0 Å². The summed E-state index contributed by atoms with van der Waals surface area (Å²) < 4.78 is 6.01. The van der Waals surface area contributed by atoms with Crippen molar-refractivity contribution in [2.45, 2.75) is 0 Å². The number of benzene rings is 1. The lowest BCUT2D eigenvalue weighted by molar-refractivity contribution is 0.0532. The fourth-order valence-corrected chi connectivity index (χ4v) is 3.06. The van der Waals surface area contributed by atoms with E-state index in [1.807, 2.05) is 6.07 Å². The van der Waals surface area contributed by atoms with Crippen molar-refractivity contribution in [1.82, 2.24) is 14.8 Å². The number of H-pyrrole nitrogens is 1. The molecule has 2 aromatic rings. The van der Waals surface area contributed by atoms with E-state index in [4.69, 9.17) is 4.74 Å². The molecule has 1 fully saturated rings. The molecule has 0 atom stereocenters. The summed E-state index contributed by atoms with van der Waals surface area (Å²) >= 11 is 3.33. The first kappa shape index (κ1) is 16.6. The lowest BCUT2D eigenvalue weighted by Gasteiger charge is -2.34. The molecule has 1 aliphatic heterocycles.